The highest BCUT2D eigenvalue weighted by molar-refractivity contribution is 6.32. The van der Waals surface area contributed by atoms with Crippen LogP contribution in [0.2, 0.25) is 5.02 Å². The molecular weight excluding hydrogens is 214 g/mol. The van der Waals surface area contributed by atoms with E-state index < -0.39 is 0 Å². The smallest absolute Gasteiger partial charge is 0.147 e. The minimum Gasteiger partial charge on any atom is -0.487 e. The van der Waals surface area contributed by atoms with Crippen molar-refractivity contribution in [3.63, 3.8) is 0 Å². The van der Waals surface area contributed by atoms with Crippen molar-refractivity contribution in [1.82, 2.24) is 0 Å². The lowest BCUT2D eigenvalue weighted by Crippen LogP contribution is -2.02. The Morgan fingerprint density at radius 3 is 3.00 bits per heavy atom. The van der Waals surface area contributed by atoms with E-state index in [9.17, 15) is 0 Å². The molecule has 0 heterocycles. The number of hydrogen-bond donors (Lipinski definition) is 1. The molecule has 0 radical (unpaired) electrons. The summed E-state index contributed by atoms with van der Waals surface area (Å²) in [7, 11) is 0. The molecule has 0 aromatic heterocycles. The number of hydrogen-bond acceptors (Lipinski definition) is 3. The summed E-state index contributed by atoms with van der Waals surface area (Å²) in [6, 6.07) is 5.26. The molecule has 0 saturated carbocycles. The molecule has 1 N–H and O–H groups in total. The van der Waals surface area contributed by atoms with Crippen LogP contribution in [0.25, 0.3) is 0 Å². The molecule has 0 bridgehead atoms. The van der Waals surface area contributed by atoms with Gasteiger partial charge in [0.1, 0.15) is 12.4 Å². The van der Waals surface area contributed by atoms with Crippen LogP contribution in [0.15, 0.2) is 36.0 Å². The summed E-state index contributed by atoms with van der Waals surface area (Å²) in [6.45, 7) is 5.58. The summed E-state index contributed by atoms with van der Waals surface area (Å²) >= 11 is 5.97. The predicted molar refractivity (Wildman–Crippen MR) is 61.1 cm³/mol. The van der Waals surface area contributed by atoms with Crippen LogP contribution in [-0.4, -0.2) is 17.5 Å². The number of para-hydroxylation sites is 1. The van der Waals surface area contributed by atoms with Gasteiger partial charge in [-0.25, -0.2) is 0 Å². The van der Waals surface area contributed by atoms with Gasteiger partial charge in [-0.15, -0.1) is 0 Å². The Balaban J connectivity index is 3.13. The second kappa shape index (κ2) is 5.41. The number of benzene rings is 1. The topological polar surface area (TPSA) is 41.8 Å². The molecular formula is C11H12ClNO2. The maximum atomic E-state index is 8.70. The van der Waals surface area contributed by atoms with Crippen LogP contribution in [0.3, 0.4) is 0 Å². The van der Waals surface area contributed by atoms with E-state index in [2.05, 4.69) is 11.7 Å². The van der Waals surface area contributed by atoms with Crippen molar-refractivity contribution in [1.29, 1.82) is 0 Å². The van der Waals surface area contributed by atoms with E-state index in [0.717, 1.165) is 0 Å². The van der Waals surface area contributed by atoms with Gasteiger partial charge < -0.3 is 9.94 Å². The fourth-order valence-electron chi connectivity index (χ4n) is 1.14. The highest BCUT2D eigenvalue weighted by atomic mass is 35.5. The number of ether oxygens (including phenoxy) is 1. The lowest BCUT2D eigenvalue weighted by Gasteiger charge is -2.10. The molecule has 0 amide bonds. The van der Waals surface area contributed by atoms with Gasteiger partial charge in [0.2, 0.25) is 0 Å². The van der Waals surface area contributed by atoms with Crippen LogP contribution in [-0.2, 0) is 0 Å². The van der Waals surface area contributed by atoms with Crippen molar-refractivity contribution in [3.05, 3.63) is 41.4 Å². The van der Waals surface area contributed by atoms with Crippen LogP contribution in [0.4, 0.5) is 0 Å². The molecule has 1 aromatic carbocycles. The van der Waals surface area contributed by atoms with Crippen LogP contribution in [0.5, 0.6) is 5.75 Å². The molecule has 0 aliphatic carbocycles. The summed E-state index contributed by atoms with van der Waals surface area (Å²) in [4.78, 5) is 0. The molecule has 0 fully saturated rings. The van der Waals surface area contributed by atoms with E-state index in [1.165, 1.54) is 0 Å². The van der Waals surface area contributed by atoms with Gasteiger partial charge in [-0.2, -0.15) is 0 Å². The molecule has 3 nitrogen and oxygen atoms in total. The van der Waals surface area contributed by atoms with E-state index in [0.29, 0.717) is 28.7 Å². The Morgan fingerprint density at radius 2 is 2.40 bits per heavy atom. The van der Waals surface area contributed by atoms with Gasteiger partial charge in [0, 0.05) is 5.56 Å². The maximum Gasteiger partial charge on any atom is 0.147 e. The van der Waals surface area contributed by atoms with E-state index in [-0.39, 0.29) is 0 Å². The van der Waals surface area contributed by atoms with E-state index >= 15 is 0 Å². The normalized spacial score (nSPS) is 11.2. The van der Waals surface area contributed by atoms with Crippen LogP contribution >= 0.6 is 11.6 Å². The third kappa shape index (κ3) is 2.73. The van der Waals surface area contributed by atoms with E-state index in [4.69, 9.17) is 21.5 Å². The molecule has 0 aliphatic heterocycles. The molecule has 0 unspecified atom stereocenters. The zero-order valence-corrected chi connectivity index (χ0v) is 9.16. The maximum absolute atomic E-state index is 8.70. The Labute approximate surface area is 93.6 Å². The van der Waals surface area contributed by atoms with E-state index in [1.807, 2.05) is 0 Å². The van der Waals surface area contributed by atoms with Gasteiger partial charge in [-0.1, -0.05) is 35.5 Å². The third-order valence-corrected chi connectivity index (χ3v) is 2.15. The SMILES string of the molecule is C=CCOc1c(Cl)cccc1/C(C)=N/O. The number of nitrogens with zero attached hydrogens (tertiary/aromatic N) is 1. The lowest BCUT2D eigenvalue weighted by atomic mass is 10.1. The second-order valence-electron chi connectivity index (χ2n) is 2.90. The molecule has 1 rings (SSSR count). The second-order valence-corrected chi connectivity index (χ2v) is 3.31. The molecule has 80 valence electrons. The number of oxime groups is 1. The van der Waals surface area contributed by atoms with Crippen molar-refractivity contribution in [2.45, 2.75) is 6.92 Å². The van der Waals surface area contributed by atoms with E-state index in [1.54, 1.807) is 31.2 Å². The highest BCUT2D eigenvalue weighted by Crippen LogP contribution is 2.29. The van der Waals surface area contributed by atoms with Crippen molar-refractivity contribution in [2.75, 3.05) is 6.61 Å². The van der Waals surface area contributed by atoms with Crippen molar-refractivity contribution in [2.24, 2.45) is 5.16 Å². The monoisotopic (exact) mass is 225 g/mol. The number of halogens is 1. The Bertz CT molecular complexity index is 388. The molecule has 0 atom stereocenters. The van der Waals surface area contributed by atoms with Gasteiger partial charge in [0.05, 0.1) is 10.7 Å². The first-order chi connectivity index (χ1) is 7.20. The minimum absolute atomic E-state index is 0.357. The quantitative estimate of drug-likeness (QED) is 0.370. The Morgan fingerprint density at radius 1 is 1.67 bits per heavy atom. The van der Waals surface area contributed by atoms with Gasteiger partial charge in [0.15, 0.2) is 0 Å². The standard InChI is InChI=1S/C11H12ClNO2/c1-3-7-15-11-9(8(2)13-14)5-4-6-10(11)12/h3-6,14H,1,7H2,2H3/b13-8+. The average molecular weight is 226 g/mol. The third-order valence-electron chi connectivity index (χ3n) is 1.85. The van der Waals surface area contributed by atoms with Gasteiger partial charge >= 0.3 is 0 Å². The molecule has 0 spiro atoms. The van der Waals surface area contributed by atoms with Crippen molar-refractivity contribution >= 4 is 17.3 Å². The summed E-state index contributed by atoms with van der Waals surface area (Å²) in [5, 5.41) is 12.3. The summed E-state index contributed by atoms with van der Waals surface area (Å²) in [6.07, 6.45) is 1.62. The predicted octanol–water partition coefficient (Wildman–Crippen LogP) is 3.10. The Hall–Kier alpha value is -1.48. The number of rotatable bonds is 4. The molecule has 0 saturated heterocycles. The Kier molecular flexibility index (Phi) is 4.18. The van der Waals surface area contributed by atoms with Gasteiger partial charge in [-0.05, 0) is 19.1 Å². The first-order valence-electron chi connectivity index (χ1n) is 4.42. The zero-order chi connectivity index (χ0) is 11.3. The minimum atomic E-state index is 0.357. The summed E-state index contributed by atoms with van der Waals surface area (Å²) < 4.78 is 5.40. The zero-order valence-electron chi connectivity index (χ0n) is 8.40. The average Bonchev–Trinajstić information content (AvgIpc) is 2.26. The largest absolute Gasteiger partial charge is 0.487 e. The first kappa shape index (κ1) is 11.6. The van der Waals surface area contributed by atoms with Gasteiger partial charge in [0.25, 0.3) is 0 Å². The highest BCUT2D eigenvalue weighted by Gasteiger charge is 2.10. The molecule has 0 aliphatic rings. The molecule has 1 aromatic rings. The summed E-state index contributed by atoms with van der Waals surface area (Å²) in [5.41, 5.74) is 1.13. The molecule has 4 heteroatoms. The van der Waals surface area contributed by atoms with Crippen LogP contribution in [0.1, 0.15) is 12.5 Å². The summed E-state index contributed by atoms with van der Waals surface area (Å²) in [5.74, 6) is 0.509. The lowest BCUT2D eigenvalue weighted by molar-refractivity contribution is 0.318. The molecule has 15 heavy (non-hydrogen) atoms. The van der Waals surface area contributed by atoms with Crippen molar-refractivity contribution in [3.8, 4) is 5.75 Å². The van der Waals surface area contributed by atoms with Crippen LogP contribution < -0.4 is 4.74 Å². The fraction of sp³-hybridized carbons (Fsp3) is 0.182. The van der Waals surface area contributed by atoms with Crippen LogP contribution in [0, 0.1) is 0 Å². The van der Waals surface area contributed by atoms with Crippen molar-refractivity contribution < 1.29 is 9.94 Å². The van der Waals surface area contributed by atoms with Gasteiger partial charge in [-0.3, -0.25) is 0 Å². The first-order valence-corrected chi connectivity index (χ1v) is 4.79. The fourth-order valence-corrected chi connectivity index (χ4v) is 1.37.